The van der Waals surface area contributed by atoms with Crippen LogP contribution < -0.4 is 48.9 Å². The zero-order valence-electron chi connectivity index (χ0n) is 35.5. The lowest BCUT2D eigenvalue weighted by molar-refractivity contribution is -0.128. The Bertz CT molecular complexity index is 2380. The van der Waals surface area contributed by atoms with Crippen LogP contribution in [0.15, 0.2) is 82.4 Å². The van der Waals surface area contributed by atoms with Crippen LogP contribution >= 0.6 is 0 Å². The average Bonchev–Trinajstić information content (AvgIpc) is 3.60. The first kappa shape index (κ1) is 48.8. The summed E-state index contributed by atoms with van der Waals surface area (Å²) >= 11 is 0. The monoisotopic (exact) mass is 903 g/mol. The molecule has 3 aromatic carbocycles. The first-order valence-corrected chi connectivity index (χ1v) is 20.6. The summed E-state index contributed by atoms with van der Waals surface area (Å²) in [5, 5.41) is 53.7. The number of urea groups is 1. The fraction of sp³-hybridized carbons (Fsp3) is 0.372. The second kappa shape index (κ2) is 22.9. The van der Waals surface area contributed by atoms with E-state index in [9.17, 15) is 48.9 Å². The van der Waals surface area contributed by atoms with Gasteiger partial charge in [-0.3, -0.25) is 29.7 Å². The zero-order valence-corrected chi connectivity index (χ0v) is 35.5. The second-order valence-corrected chi connectivity index (χ2v) is 15.4. The number of amides is 6. The predicted molar refractivity (Wildman–Crippen MR) is 236 cm³/mol. The van der Waals surface area contributed by atoms with E-state index >= 15 is 0 Å². The van der Waals surface area contributed by atoms with Crippen molar-refractivity contribution in [2.24, 2.45) is 11.7 Å². The Kier molecular flexibility index (Phi) is 17.2. The molecule has 0 saturated heterocycles. The standard InChI is InChI=1S/C43H53N9O13/c1-22(2)33(49-42(62)65-21-29-27-10-5-3-8-25(27)26-9-4-6-11-28(26)29)38(58)48-30(12-7-17-45-40(44)60)37(57)47-24-15-13-23(14-16-24)20-64-43(63)50-34-36(51-41(61)52-39(34)59)46-18-31(54)35(56)32(55)19-53/h3-6,8-11,13-16,22,29-33,35,53-56H,7,12,17-21H2,1-2H3,(H,47,57)(H,48,58)(H,49,62)(H,50,63)(H3,44,45,60)(H3,46,51,52,59,61)/t30-,31-,32+,33-,35-/m0/s1. The number of benzene rings is 3. The number of ether oxygens (including phenoxy) is 2. The number of nitrogens with two attached hydrogens (primary N) is 1. The number of aliphatic hydroxyl groups is 4. The van der Waals surface area contributed by atoms with E-state index in [0.29, 0.717) is 11.3 Å². The molecule has 0 spiro atoms. The molecule has 5 atom stereocenters. The summed E-state index contributed by atoms with van der Waals surface area (Å²) in [7, 11) is 0. The molecule has 1 aliphatic rings. The molecular weight excluding hydrogens is 851 g/mol. The number of alkyl carbamates (subject to hydrolysis) is 1. The van der Waals surface area contributed by atoms with Crippen molar-refractivity contribution in [3.05, 3.63) is 110 Å². The van der Waals surface area contributed by atoms with Gasteiger partial charge < -0.3 is 62.2 Å². The lowest BCUT2D eigenvalue weighted by Gasteiger charge is -2.25. The van der Waals surface area contributed by atoms with Gasteiger partial charge in [-0.2, -0.15) is 0 Å². The summed E-state index contributed by atoms with van der Waals surface area (Å²) in [6.07, 6.45) is -6.74. The number of hydrogen-bond acceptors (Lipinski definition) is 14. The third kappa shape index (κ3) is 13.4. The average molecular weight is 904 g/mol. The highest BCUT2D eigenvalue weighted by Crippen LogP contribution is 2.44. The Balaban J connectivity index is 1.17. The minimum absolute atomic E-state index is 0.0273. The van der Waals surface area contributed by atoms with Crippen molar-refractivity contribution in [2.45, 2.75) is 69.6 Å². The van der Waals surface area contributed by atoms with Gasteiger partial charge in [0.15, 0.2) is 5.69 Å². The molecule has 4 aromatic rings. The Labute approximate surface area is 371 Å². The lowest BCUT2D eigenvalue weighted by Crippen LogP contribution is -2.54. The number of primary amides is 1. The smallest absolute Gasteiger partial charge is 0.412 e. The number of H-pyrrole nitrogens is 2. The molecule has 0 radical (unpaired) electrons. The van der Waals surface area contributed by atoms with Crippen LogP contribution in [0.25, 0.3) is 11.1 Å². The first-order valence-electron chi connectivity index (χ1n) is 20.6. The van der Waals surface area contributed by atoms with Crippen LogP contribution in [0.3, 0.4) is 0 Å². The number of aromatic amines is 2. The minimum atomic E-state index is -1.78. The van der Waals surface area contributed by atoms with Crippen LogP contribution in [0, 0.1) is 5.92 Å². The minimum Gasteiger partial charge on any atom is -0.449 e. The van der Waals surface area contributed by atoms with Crippen molar-refractivity contribution in [1.82, 2.24) is 25.9 Å². The number of fused-ring (bicyclic) bond motifs is 3. The Hall–Kier alpha value is -7.27. The summed E-state index contributed by atoms with van der Waals surface area (Å²) in [5.74, 6) is -2.25. The molecule has 1 aliphatic carbocycles. The molecule has 0 saturated carbocycles. The Morgan fingerprint density at radius 2 is 1.43 bits per heavy atom. The van der Waals surface area contributed by atoms with Crippen LogP contribution in [0.4, 0.5) is 31.6 Å². The molecule has 1 heterocycles. The van der Waals surface area contributed by atoms with Gasteiger partial charge in [0.1, 0.15) is 43.3 Å². The zero-order chi connectivity index (χ0) is 47.2. The molecule has 22 heteroatoms. The van der Waals surface area contributed by atoms with E-state index < -0.39 is 96.4 Å². The van der Waals surface area contributed by atoms with Gasteiger partial charge in [-0.1, -0.05) is 74.5 Å². The van der Waals surface area contributed by atoms with E-state index in [2.05, 4.69) is 36.9 Å². The quantitative estimate of drug-likeness (QED) is 0.0513. The summed E-state index contributed by atoms with van der Waals surface area (Å²) < 4.78 is 10.9. The highest BCUT2D eigenvalue weighted by Gasteiger charge is 2.32. The van der Waals surface area contributed by atoms with Crippen LogP contribution in [0.1, 0.15) is 49.3 Å². The lowest BCUT2D eigenvalue weighted by atomic mass is 9.98. The largest absolute Gasteiger partial charge is 0.449 e. The van der Waals surface area contributed by atoms with Crippen molar-refractivity contribution in [3.63, 3.8) is 0 Å². The predicted octanol–water partition coefficient (Wildman–Crippen LogP) is 0.734. The Morgan fingerprint density at radius 1 is 0.785 bits per heavy atom. The third-order valence-corrected chi connectivity index (χ3v) is 10.4. The molecule has 22 nitrogen and oxygen atoms in total. The van der Waals surface area contributed by atoms with Crippen LogP contribution in [-0.4, -0.2) is 117 Å². The molecular formula is C43H53N9O13. The topological polar surface area (TPSA) is 349 Å². The highest BCUT2D eigenvalue weighted by atomic mass is 16.6. The molecule has 1 aromatic heterocycles. The van der Waals surface area contributed by atoms with Gasteiger partial charge in [-0.25, -0.2) is 19.2 Å². The van der Waals surface area contributed by atoms with Gasteiger partial charge in [0.25, 0.3) is 5.56 Å². The molecule has 65 heavy (non-hydrogen) atoms. The normalized spacial score (nSPS) is 14.1. The van der Waals surface area contributed by atoms with Gasteiger partial charge in [-0.15, -0.1) is 0 Å². The fourth-order valence-corrected chi connectivity index (χ4v) is 6.98. The Morgan fingerprint density at radius 3 is 2.05 bits per heavy atom. The SMILES string of the molecule is CC(C)[C@H](NC(=O)OCC1c2ccccc2-c2ccccc21)C(=O)N[C@@H](CCCNC(N)=O)C(=O)Nc1ccc(COC(=O)Nc2c(NC[C@H](O)[C@H](O)[C@H](O)CO)[nH]c(=O)[nH]c2=O)cc1. The number of rotatable bonds is 21. The molecule has 5 rings (SSSR count). The molecule has 6 amide bonds. The van der Waals surface area contributed by atoms with Crippen molar-refractivity contribution >= 4 is 47.2 Å². The maximum atomic E-state index is 13.7. The maximum absolute atomic E-state index is 13.7. The van der Waals surface area contributed by atoms with Crippen molar-refractivity contribution < 1.29 is 53.9 Å². The van der Waals surface area contributed by atoms with Crippen molar-refractivity contribution in [2.75, 3.05) is 42.3 Å². The molecule has 348 valence electrons. The number of nitrogens with one attached hydrogen (secondary N) is 8. The molecule has 0 unspecified atom stereocenters. The second-order valence-electron chi connectivity index (χ2n) is 15.4. The molecule has 0 bridgehead atoms. The number of hydrogen-bond donors (Lipinski definition) is 13. The van der Waals surface area contributed by atoms with Crippen LogP contribution in [-0.2, 0) is 25.7 Å². The number of aliphatic hydroxyl groups excluding tert-OH is 4. The van der Waals surface area contributed by atoms with Crippen LogP contribution in [0.2, 0.25) is 0 Å². The summed E-state index contributed by atoms with van der Waals surface area (Å²) in [4.78, 5) is 93.0. The van der Waals surface area contributed by atoms with E-state index in [0.717, 1.165) is 22.3 Å². The number of anilines is 3. The van der Waals surface area contributed by atoms with Gasteiger partial charge in [0, 0.05) is 24.7 Å². The van der Waals surface area contributed by atoms with E-state index in [4.69, 9.17) is 20.3 Å². The summed E-state index contributed by atoms with van der Waals surface area (Å²) in [6, 6.07) is 18.8. The number of aromatic nitrogens is 2. The maximum Gasteiger partial charge on any atom is 0.412 e. The fourth-order valence-electron chi connectivity index (χ4n) is 6.98. The number of carbonyl (C=O) groups excluding carboxylic acids is 5. The first-order chi connectivity index (χ1) is 31.1. The molecule has 0 fully saturated rings. The van der Waals surface area contributed by atoms with Gasteiger partial charge in [0.05, 0.1) is 12.7 Å². The van der Waals surface area contributed by atoms with Gasteiger partial charge in [0.2, 0.25) is 11.8 Å². The summed E-state index contributed by atoms with van der Waals surface area (Å²) in [6.45, 7) is 1.89. The van der Waals surface area contributed by atoms with E-state index in [1.54, 1.807) is 13.8 Å². The van der Waals surface area contributed by atoms with E-state index in [1.807, 2.05) is 53.5 Å². The van der Waals surface area contributed by atoms with Crippen molar-refractivity contribution in [3.8, 4) is 11.1 Å². The molecule has 14 N–H and O–H groups in total. The highest BCUT2D eigenvalue weighted by molar-refractivity contribution is 5.98. The van der Waals surface area contributed by atoms with E-state index in [1.165, 1.54) is 24.3 Å². The molecule has 0 aliphatic heterocycles. The number of carbonyl (C=O) groups is 5. The van der Waals surface area contributed by atoms with Crippen LogP contribution in [0.5, 0.6) is 0 Å². The van der Waals surface area contributed by atoms with Crippen molar-refractivity contribution in [1.29, 1.82) is 0 Å². The third-order valence-electron chi connectivity index (χ3n) is 10.4. The van der Waals surface area contributed by atoms with E-state index in [-0.39, 0.29) is 44.3 Å². The van der Waals surface area contributed by atoms with Gasteiger partial charge in [-0.05, 0) is 58.7 Å². The van der Waals surface area contributed by atoms with Gasteiger partial charge >= 0.3 is 23.9 Å². The summed E-state index contributed by atoms with van der Waals surface area (Å²) in [5.41, 5.74) is 7.58.